The van der Waals surface area contributed by atoms with Crippen molar-refractivity contribution in [3.8, 4) is 0 Å². The zero-order valence-electron chi connectivity index (χ0n) is 12.4. The van der Waals surface area contributed by atoms with Crippen molar-refractivity contribution < 1.29 is 19.5 Å². The van der Waals surface area contributed by atoms with Crippen molar-refractivity contribution in [3.05, 3.63) is 11.1 Å². The number of carbonyl (C=O) groups excluding carboxylic acids is 2. The Bertz CT molecular complexity index is 415. The summed E-state index contributed by atoms with van der Waals surface area (Å²) in [5.74, 6) is -0.965. The van der Waals surface area contributed by atoms with E-state index in [-0.39, 0.29) is 24.2 Å². The van der Waals surface area contributed by atoms with Crippen molar-refractivity contribution in [2.75, 3.05) is 6.54 Å². The fourth-order valence-corrected chi connectivity index (χ4v) is 2.50. The monoisotopic (exact) mass is 281 g/mol. The van der Waals surface area contributed by atoms with E-state index in [0.717, 1.165) is 12.8 Å². The number of imide groups is 1. The van der Waals surface area contributed by atoms with Crippen LogP contribution in [-0.4, -0.2) is 34.3 Å². The molecule has 1 aliphatic rings. The first kappa shape index (κ1) is 16.4. The maximum absolute atomic E-state index is 11.9. The highest BCUT2D eigenvalue weighted by molar-refractivity contribution is 6.18. The van der Waals surface area contributed by atoms with Crippen LogP contribution in [0.3, 0.4) is 0 Å². The van der Waals surface area contributed by atoms with E-state index in [4.69, 9.17) is 5.11 Å². The van der Waals surface area contributed by atoms with Crippen LogP contribution in [-0.2, 0) is 14.4 Å². The molecule has 1 rings (SSSR count). The minimum atomic E-state index is -0.798. The number of carbonyl (C=O) groups is 3. The van der Waals surface area contributed by atoms with Crippen molar-refractivity contribution in [3.63, 3.8) is 0 Å². The highest BCUT2D eigenvalue weighted by atomic mass is 16.4. The Hall–Kier alpha value is -1.65. The van der Waals surface area contributed by atoms with Crippen LogP contribution in [0.4, 0.5) is 0 Å². The Morgan fingerprint density at radius 3 is 2.10 bits per heavy atom. The topological polar surface area (TPSA) is 74.7 Å². The van der Waals surface area contributed by atoms with Gasteiger partial charge < -0.3 is 5.11 Å². The molecule has 1 heterocycles. The third kappa shape index (κ3) is 3.92. The Morgan fingerprint density at radius 1 is 1.10 bits per heavy atom. The fourth-order valence-electron chi connectivity index (χ4n) is 2.50. The van der Waals surface area contributed by atoms with Gasteiger partial charge in [-0.15, -0.1) is 0 Å². The Balaban J connectivity index is 2.54. The van der Waals surface area contributed by atoms with Crippen LogP contribution in [0.5, 0.6) is 0 Å². The van der Waals surface area contributed by atoms with Crippen LogP contribution in [0.25, 0.3) is 0 Å². The average Bonchev–Trinajstić information content (AvgIpc) is 2.58. The first-order valence-electron chi connectivity index (χ1n) is 7.13. The second-order valence-corrected chi connectivity index (χ2v) is 5.39. The Labute approximate surface area is 119 Å². The standard InChI is InChI=1S/C15H23NO4/c1-4-5-12(6-7-13(17)18)8-9-16-14(19)10(2)11(3)15(16)20/h12H,4-9H2,1-3H3,(H,17,18). The molecule has 20 heavy (non-hydrogen) atoms. The lowest BCUT2D eigenvalue weighted by Gasteiger charge is -2.20. The van der Waals surface area contributed by atoms with Gasteiger partial charge in [-0.1, -0.05) is 19.8 Å². The van der Waals surface area contributed by atoms with Gasteiger partial charge in [0.15, 0.2) is 0 Å². The molecule has 1 atom stereocenters. The van der Waals surface area contributed by atoms with Gasteiger partial charge in [0.2, 0.25) is 0 Å². The minimum Gasteiger partial charge on any atom is -0.481 e. The second kappa shape index (κ2) is 7.22. The van der Waals surface area contributed by atoms with E-state index in [1.54, 1.807) is 13.8 Å². The molecule has 0 aromatic carbocycles. The molecular formula is C15H23NO4. The Morgan fingerprint density at radius 2 is 1.65 bits per heavy atom. The molecule has 5 nitrogen and oxygen atoms in total. The quantitative estimate of drug-likeness (QED) is 0.693. The van der Waals surface area contributed by atoms with Crippen molar-refractivity contribution >= 4 is 17.8 Å². The van der Waals surface area contributed by atoms with Crippen molar-refractivity contribution in [1.29, 1.82) is 0 Å². The summed E-state index contributed by atoms with van der Waals surface area (Å²) in [6.07, 6.45) is 3.32. The summed E-state index contributed by atoms with van der Waals surface area (Å²) in [5, 5.41) is 8.74. The molecule has 0 aromatic rings. The molecule has 1 unspecified atom stereocenters. The lowest BCUT2D eigenvalue weighted by molar-refractivity contribution is -0.139. The second-order valence-electron chi connectivity index (χ2n) is 5.39. The number of hydrogen-bond acceptors (Lipinski definition) is 3. The molecule has 0 bridgehead atoms. The first-order valence-corrected chi connectivity index (χ1v) is 7.13. The maximum Gasteiger partial charge on any atom is 0.303 e. The molecular weight excluding hydrogens is 258 g/mol. The molecule has 112 valence electrons. The van der Waals surface area contributed by atoms with E-state index >= 15 is 0 Å². The molecule has 1 N–H and O–H groups in total. The molecule has 0 saturated carbocycles. The van der Waals surface area contributed by atoms with Crippen LogP contribution in [0, 0.1) is 5.92 Å². The van der Waals surface area contributed by atoms with Gasteiger partial charge in [-0.3, -0.25) is 19.3 Å². The van der Waals surface area contributed by atoms with Crippen molar-refractivity contribution in [1.82, 2.24) is 4.90 Å². The number of nitrogens with zero attached hydrogens (tertiary/aromatic N) is 1. The summed E-state index contributed by atoms with van der Waals surface area (Å²) in [5.41, 5.74) is 1.04. The summed E-state index contributed by atoms with van der Waals surface area (Å²) >= 11 is 0. The summed E-state index contributed by atoms with van der Waals surface area (Å²) in [6.45, 7) is 5.78. The van der Waals surface area contributed by atoms with Gasteiger partial charge in [-0.2, -0.15) is 0 Å². The average molecular weight is 281 g/mol. The SMILES string of the molecule is CCCC(CCC(=O)O)CCN1C(=O)C(C)=C(C)C1=O. The van der Waals surface area contributed by atoms with E-state index in [2.05, 4.69) is 6.92 Å². The number of rotatable bonds is 8. The summed E-state index contributed by atoms with van der Waals surface area (Å²) in [6, 6.07) is 0. The van der Waals surface area contributed by atoms with Gasteiger partial charge in [0.1, 0.15) is 0 Å². The van der Waals surface area contributed by atoms with Gasteiger partial charge >= 0.3 is 5.97 Å². The molecule has 0 fully saturated rings. The van der Waals surface area contributed by atoms with E-state index in [0.29, 0.717) is 30.5 Å². The number of carboxylic acid groups (broad SMARTS) is 1. The normalized spacial score (nSPS) is 17.1. The van der Waals surface area contributed by atoms with E-state index in [9.17, 15) is 14.4 Å². The molecule has 5 heteroatoms. The number of amides is 2. The predicted molar refractivity (Wildman–Crippen MR) is 75.0 cm³/mol. The molecule has 0 saturated heterocycles. The first-order chi connectivity index (χ1) is 9.38. The summed E-state index contributed by atoms with van der Waals surface area (Å²) < 4.78 is 0. The molecule has 0 aliphatic carbocycles. The van der Waals surface area contributed by atoms with E-state index in [1.165, 1.54) is 4.90 Å². The van der Waals surface area contributed by atoms with Crippen LogP contribution >= 0.6 is 0 Å². The van der Waals surface area contributed by atoms with Crippen LogP contribution in [0.15, 0.2) is 11.1 Å². The van der Waals surface area contributed by atoms with E-state index in [1.807, 2.05) is 0 Å². The number of carboxylic acids is 1. The molecule has 2 amide bonds. The minimum absolute atomic E-state index is 0.142. The third-order valence-corrected chi connectivity index (χ3v) is 3.92. The predicted octanol–water partition coefficient (Wildman–Crippen LogP) is 2.36. The molecule has 1 aliphatic heterocycles. The molecule has 0 radical (unpaired) electrons. The summed E-state index contributed by atoms with van der Waals surface area (Å²) in [7, 11) is 0. The number of hydrogen-bond donors (Lipinski definition) is 1. The van der Waals surface area contributed by atoms with Gasteiger partial charge in [0.25, 0.3) is 11.8 Å². The molecule has 0 aromatic heterocycles. The van der Waals surface area contributed by atoms with Crippen LogP contribution < -0.4 is 0 Å². The zero-order valence-corrected chi connectivity index (χ0v) is 12.4. The maximum atomic E-state index is 11.9. The fraction of sp³-hybridized carbons (Fsp3) is 0.667. The lowest BCUT2D eigenvalue weighted by Crippen LogP contribution is -2.33. The van der Waals surface area contributed by atoms with Gasteiger partial charge in [0.05, 0.1) is 0 Å². The van der Waals surface area contributed by atoms with Crippen molar-refractivity contribution in [2.45, 2.75) is 52.9 Å². The van der Waals surface area contributed by atoms with Crippen LogP contribution in [0.1, 0.15) is 52.9 Å². The van der Waals surface area contributed by atoms with Crippen LogP contribution in [0.2, 0.25) is 0 Å². The van der Waals surface area contributed by atoms with E-state index < -0.39 is 5.97 Å². The highest BCUT2D eigenvalue weighted by Crippen LogP contribution is 2.23. The number of aliphatic carboxylic acids is 1. The highest BCUT2D eigenvalue weighted by Gasteiger charge is 2.33. The lowest BCUT2D eigenvalue weighted by atomic mass is 9.94. The third-order valence-electron chi connectivity index (χ3n) is 3.92. The molecule has 0 spiro atoms. The Kier molecular flexibility index (Phi) is 5.92. The zero-order chi connectivity index (χ0) is 15.3. The van der Waals surface area contributed by atoms with Gasteiger partial charge in [0, 0.05) is 24.1 Å². The van der Waals surface area contributed by atoms with Gasteiger partial charge in [-0.25, -0.2) is 0 Å². The largest absolute Gasteiger partial charge is 0.481 e. The van der Waals surface area contributed by atoms with Gasteiger partial charge in [-0.05, 0) is 32.6 Å². The smallest absolute Gasteiger partial charge is 0.303 e. The summed E-state index contributed by atoms with van der Waals surface area (Å²) in [4.78, 5) is 35.8. The van der Waals surface area contributed by atoms with Crippen molar-refractivity contribution in [2.24, 2.45) is 5.92 Å².